The van der Waals surface area contributed by atoms with E-state index in [4.69, 9.17) is 4.74 Å². The average molecular weight is 327 g/mol. The molecule has 1 aromatic heterocycles. The van der Waals surface area contributed by atoms with Crippen molar-refractivity contribution in [1.29, 1.82) is 0 Å². The highest BCUT2D eigenvalue weighted by Crippen LogP contribution is 2.23. The fourth-order valence-corrected chi connectivity index (χ4v) is 2.92. The molecule has 0 amide bonds. The van der Waals surface area contributed by atoms with Gasteiger partial charge in [-0.15, -0.1) is 0 Å². The van der Waals surface area contributed by atoms with E-state index in [-0.39, 0.29) is 0 Å². The number of ether oxygens (including phenoxy) is 1. The Hall–Kier alpha value is -0.653. The molecule has 3 nitrogen and oxygen atoms in total. The lowest BCUT2D eigenvalue weighted by molar-refractivity contribution is 0.0817. The zero-order valence-corrected chi connectivity index (χ0v) is 13.7. The zero-order valence-electron chi connectivity index (χ0n) is 11.1. The van der Waals surface area contributed by atoms with Gasteiger partial charge in [0.05, 0.1) is 11.7 Å². The summed E-state index contributed by atoms with van der Waals surface area (Å²) in [4.78, 5) is 0. The molecule has 2 rings (SSSR count). The number of halogens is 1. The maximum absolute atomic E-state index is 5.72. The van der Waals surface area contributed by atoms with Gasteiger partial charge in [-0.1, -0.05) is 41.6 Å². The molecule has 0 unspecified atom stereocenters. The molecule has 0 atom stereocenters. The molecule has 0 spiro atoms. The Balaban J connectivity index is 1.98. The summed E-state index contributed by atoms with van der Waals surface area (Å²) in [5.41, 5.74) is 1.11. The van der Waals surface area contributed by atoms with Crippen LogP contribution < -0.4 is 0 Å². The average Bonchev–Trinajstić information content (AvgIpc) is 2.68. The zero-order chi connectivity index (χ0) is 13.2. The Labute approximate surface area is 117 Å². The summed E-state index contributed by atoms with van der Waals surface area (Å²) in [5.74, 6) is 0. The molecule has 0 aliphatic rings. The van der Waals surface area contributed by atoms with Crippen molar-refractivity contribution in [3.05, 3.63) is 28.9 Å². The van der Waals surface area contributed by atoms with Gasteiger partial charge in [-0.25, -0.2) is 4.68 Å². The largest absolute Gasteiger partial charge is 0.360 e. The van der Waals surface area contributed by atoms with Crippen LogP contribution in [0.2, 0.25) is 25.7 Å². The van der Waals surface area contributed by atoms with Crippen LogP contribution in [0.5, 0.6) is 0 Å². The number of rotatable bonds is 5. The van der Waals surface area contributed by atoms with Crippen LogP contribution in [-0.2, 0) is 11.5 Å². The summed E-state index contributed by atoms with van der Waals surface area (Å²) in [6.45, 7) is 8.43. The Morgan fingerprint density at radius 1 is 1.33 bits per heavy atom. The lowest BCUT2D eigenvalue weighted by atomic mass is 10.3. The number of aromatic nitrogens is 2. The van der Waals surface area contributed by atoms with Crippen molar-refractivity contribution >= 4 is 34.9 Å². The van der Waals surface area contributed by atoms with E-state index in [2.05, 4.69) is 46.7 Å². The molecule has 0 aliphatic carbocycles. The van der Waals surface area contributed by atoms with Crippen LogP contribution in [0, 0.1) is 0 Å². The van der Waals surface area contributed by atoms with E-state index in [0.717, 1.165) is 22.0 Å². The van der Waals surface area contributed by atoms with Gasteiger partial charge in [0.25, 0.3) is 0 Å². The number of hydrogen-bond acceptors (Lipinski definition) is 2. The van der Waals surface area contributed by atoms with E-state index in [1.54, 1.807) is 0 Å². The molecule has 0 bridgehead atoms. The van der Waals surface area contributed by atoms with Gasteiger partial charge in [-0.05, 0) is 18.2 Å². The van der Waals surface area contributed by atoms with Crippen molar-refractivity contribution in [1.82, 2.24) is 9.78 Å². The van der Waals surface area contributed by atoms with E-state index in [1.807, 2.05) is 23.0 Å². The minimum Gasteiger partial charge on any atom is -0.360 e. The number of benzene rings is 1. The van der Waals surface area contributed by atoms with Crippen molar-refractivity contribution in [2.45, 2.75) is 32.4 Å². The van der Waals surface area contributed by atoms with Crippen LogP contribution in [0.3, 0.4) is 0 Å². The van der Waals surface area contributed by atoms with Crippen molar-refractivity contribution < 1.29 is 4.74 Å². The van der Waals surface area contributed by atoms with Crippen LogP contribution in [0.4, 0.5) is 0 Å². The monoisotopic (exact) mass is 326 g/mol. The standard InChI is InChI=1S/C13H19BrN2OSi/c1-18(2,3)8-7-17-10-16-13-6-4-5-12(14)11(13)9-15-16/h4-6,9H,7-8,10H2,1-3H3. The number of nitrogens with zero attached hydrogens (tertiary/aromatic N) is 2. The first-order valence-electron chi connectivity index (χ1n) is 6.15. The smallest absolute Gasteiger partial charge is 0.139 e. The molecule has 0 saturated heterocycles. The van der Waals surface area contributed by atoms with E-state index in [0.29, 0.717) is 6.73 Å². The minimum atomic E-state index is -1.00. The number of fused-ring (bicyclic) bond motifs is 1. The molecular weight excluding hydrogens is 308 g/mol. The molecule has 1 aromatic carbocycles. The second kappa shape index (κ2) is 5.55. The van der Waals surface area contributed by atoms with Gasteiger partial charge in [0.1, 0.15) is 6.73 Å². The fourth-order valence-electron chi connectivity index (χ4n) is 1.70. The van der Waals surface area contributed by atoms with Gasteiger partial charge >= 0.3 is 0 Å². The van der Waals surface area contributed by atoms with E-state index in [9.17, 15) is 0 Å². The van der Waals surface area contributed by atoms with Gasteiger partial charge < -0.3 is 4.74 Å². The van der Waals surface area contributed by atoms with Crippen LogP contribution in [0.25, 0.3) is 10.9 Å². The number of hydrogen-bond donors (Lipinski definition) is 0. The molecule has 0 saturated carbocycles. The molecule has 98 valence electrons. The summed E-state index contributed by atoms with van der Waals surface area (Å²) in [6.07, 6.45) is 1.88. The Morgan fingerprint density at radius 3 is 2.83 bits per heavy atom. The summed E-state index contributed by atoms with van der Waals surface area (Å²) in [5, 5.41) is 5.49. The van der Waals surface area contributed by atoms with Crippen molar-refractivity contribution in [2.24, 2.45) is 0 Å². The fraction of sp³-hybridized carbons (Fsp3) is 0.462. The lowest BCUT2D eigenvalue weighted by Crippen LogP contribution is -2.22. The van der Waals surface area contributed by atoms with Gasteiger partial charge in [0, 0.05) is 24.5 Å². The molecular formula is C13H19BrN2OSi. The summed E-state index contributed by atoms with van der Waals surface area (Å²) >= 11 is 3.53. The normalized spacial score (nSPS) is 12.2. The SMILES string of the molecule is C[Si](C)(C)CCOCn1ncc2c(Br)cccc21. The molecule has 0 fully saturated rings. The maximum atomic E-state index is 5.72. The highest BCUT2D eigenvalue weighted by Gasteiger charge is 2.12. The first-order valence-corrected chi connectivity index (χ1v) is 10.7. The second-order valence-corrected chi connectivity index (χ2v) is 12.1. The summed E-state index contributed by atoms with van der Waals surface area (Å²) in [7, 11) is -1.00. The van der Waals surface area contributed by atoms with Crippen molar-refractivity contribution in [3.8, 4) is 0 Å². The Morgan fingerprint density at radius 2 is 2.11 bits per heavy atom. The highest BCUT2D eigenvalue weighted by atomic mass is 79.9. The molecule has 1 heterocycles. The predicted octanol–water partition coefficient (Wildman–Crippen LogP) is 4.11. The van der Waals surface area contributed by atoms with Crippen LogP contribution >= 0.6 is 15.9 Å². The van der Waals surface area contributed by atoms with Gasteiger partial charge in [-0.2, -0.15) is 5.10 Å². The van der Waals surface area contributed by atoms with Gasteiger partial charge in [-0.3, -0.25) is 0 Å². The third kappa shape index (κ3) is 3.43. The van der Waals surface area contributed by atoms with Crippen LogP contribution in [-0.4, -0.2) is 24.5 Å². The van der Waals surface area contributed by atoms with Crippen LogP contribution in [0.1, 0.15) is 0 Å². The second-order valence-electron chi connectivity index (χ2n) is 5.66. The Bertz CT molecular complexity index is 533. The highest BCUT2D eigenvalue weighted by molar-refractivity contribution is 9.10. The van der Waals surface area contributed by atoms with E-state index >= 15 is 0 Å². The summed E-state index contributed by atoms with van der Waals surface area (Å²) < 4.78 is 8.71. The Kier molecular flexibility index (Phi) is 4.24. The molecule has 2 aromatic rings. The third-order valence-corrected chi connectivity index (χ3v) is 5.24. The first kappa shape index (κ1) is 13.8. The quantitative estimate of drug-likeness (QED) is 0.610. The topological polar surface area (TPSA) is 27.1 Å². The van der Waals surface area contributed by atoms with Crippen molar-refractivity contribution in [3.63, 3.8) is 0 Å². The molecule has 0 N–H and O–H groups in total. The van der Waals surface area contributed by atoms with Gasteiger partial charge in [0.2, 0.25) is 0 Å². The maximum Gasteiger partial charge on any atom is 0.139 e. The van der Waals surface area contributed by atoms with Gasteiger partial charge in [0.15, 0.2) is 0 Å². The van der Waals surface area contributed by atoms with E-state index < -0.39 is 8.07 Å². The first-order chi connectivity index (χ1) is 8.47. The lowest BCUT2D eigenvalue weighted by Gasteiger charge is -2.15. The molecule has 0 radical (unpaired) electrons. The molecule has 18 heavy (non-hydrogen) atoms. The minimum absolute atomic E-state index is 0.532. The molecule has 5 heteroatoms. The van der Waals surface area contributed by atoms with Crippen molar-refractivity contribution in [2.75, 3.05) is 6.61 Å². The van der Waals surface area contributed by atoms with E-state index in [1.165, 1.54) is 6.04 Å². The van der Waals surface area contributed by atoms with Crippen LogP contribution in [0.15, 0.2) is 28.9 Å². The summed E-state index contributed by atoms with van der Waals surface area (Å²) in [6, 6.07) is 7.30. The molecule has 0 aliphatic heterocycles. The third-order valence-electron chi connectivity index (χ3n) is 2.84. The predicted molar refractivity (Wildman–Crippen MR) is 81.5 cm³/mol.